The molecule has 0 radical (unpaired) electrons. The highest BCUT2D eigenvalue weighted by atomic mass is 35.5. The normalized spacial score (nSPS) is 15.4. The van der Waals surface area contributed by atoms with Crippen LogP contribution in [0.3, 0.4) is 0 Å². The molecule has 0 aromatic heterocycles. The van der Waals surface area contributed by atoms with Crippen LogP contribution in [0.15, 0.2) is 53.4 Å². The number of hydrogen-bond acceptors (Lipinski definition) is 5. The molecule has 0 atom stereocenters. The van der Waals surface area contributed by atoms with Crippen LogP contribution < -0.4 is 9.64 Å². The smallest absolute Gasteiger partial charge is 0.306 e. The minimum absolute atomic E-state index is 0.00128. The van der Waals surface area contributed by atoms with E-state index in [0.717, 1.165) is 16.7 Å². The van der Waals surface area contributed by atoms with Gasteiger partial charge in [0.25, 0.3) is 11.1 Å². The van der Waals surface area contributed by atoms with E-state index in [2.05, 4.69) is 0 Å². The van der Waals surface area contributed by atoms with Crippen LogP contribution in [0, 0.1) is 0 Å². The van der Waals surface area contributed by atoms with E-state index in [9.17, 15) is 14.4 Å². The molecule has 0 saturated carbocycles. The summed E-state index contributed by atoms with van der Waals surface area (Å²) in [6, 6.07) is 13.5. The number of amides is 2. The van der Waals surface area contributed by atoms with Crippen molar-refractivity contribution in [3.05, 3.63) is 64.0 Å². The van der Waals surface area contributed by atoms with Gasteiger partial charge in [-0.2, -0.15) is 0 Å². The average Bonchev–Trinajstić information content (AvgIpc) is 2.90. The van der Waals surface area contributed by atoms with E-state index in [0.29, 0.717) is 22.0 Å². The average molecular weight is 404 g/mol. The van der Waals surface area contributed by atoms with Crippen molar-refractivity contribution in [1.82, 2.24) is 0 Å². The highest BCUT2D eigenvalue weighted by molar-refractivity contribution is 8.19. The second-order valence-electron chi connectivity index (χ2n) is 5.50. The second kappa shape index (κ2) is 8.28. The lowest BCUT2D eigenvalue weighted by molar-refractivity contribution is -0.137. The molecular weight excluding hydrogens is 390 g/mol. The number of anilines is 1. The van der Waals surface area contributed by atoms with Gasteiger partial charge in [-0.05, 0) is 36.0 Å². The lowest BCUT2D eigenvalue weighted by Crippen LogP contribution is -2.27. The topological polar surface area (TPSA) is 83.9 Å². The third-order valence-electron chi connectivity index (χ3n) is 3.67. The second-order valence-corrected chi connectivity index (χ2v) is 6.90. The maximum atomic E-state index is 12.7. The minimum atomic E-state index is -0.964. The number of carbonyl (C=O) groups excluding carboxylic acids is 2. The number of carbonyl (C=O) groups is 3. The van der Waals surface area contributed by atoms with Crippen LogP contribution in [-0.4, -0.2) is 28.8 Å². The Labute approximate surface area is 164 Å². The molecular formula is C19H14ClNO5S. The van der Waals surface area contributed by atoms with Crippen molar-refractivity contribution in [1.29, 1.82) is 0 Å². The first-order valence-electron chi connectivity index (χ1n) is 7.93. The highest BCUT2D eigenvalue weighted by Gasteiger charge is 2.37. The molecule has 2 aromatic rings. The van der Waals surface area contributed by atoms with E-state index in [-0.39, 0.29) is 17.9 Å². The number of carboxylic acid groups (broad SMARTS) is 1. The summed E-state index contributed by atoms with van der Waals surface area (Å²) in [5.41, 5.74) is 0.906. The van der Waals surface area contributed by atoms with Crippen molar-refractivity contribution in [3.63, 3.8) is 0 Å². The van der Waals surface area contributed by atoms with Crippen LogP contribution in [0.2, 0.25) is 5.02 Å². The monoisotopic (exact) mass is 403 g/mol. The molecule has 3 rings (SSSR count). The van der Waals surface area contributed by atoms with Gasteiger partial charge in [0.05, 0.1) is 28.6 Å². The lowest BCUT2D eigenvalue weighted by atomic mass is 10.2. The van der Waals surface area contributed by atoms with E-state index in [1.165, 1.54) is 0 Å². The lowest BCUT2D eigenvalue weighted by Gasteiger charge is -2.13. The summed E-state index contributed by atoms with van der Waals surface area (Å²) in [6.45, 7) is 0.00128. The molecule has 8 heteroatoms. The Morgan fingerprint density at radius 3 is 2.59 bits per heavy atom. The van der Waals surface area contributed by atoms with Gasteiger partial charge in [0, 0.05) is 5.56 Å². The molecule has 1 aliphatic heterocycles. The summed E-state index contributed by atoms with van der Waals surface area (Å²) < 4.78 is 5.49. The summed E-state index contributed by atoms with van der Waals surface area (Å²) in [4.78, 5) is 37.0. The number of ether oxygens (including phenoxy) is 1. The molecule has 2 amide bonds. The van der Waals surface area contributed by atoms with Gasteiger partial charge in [0.2, 0.25) is 0 Å². The molecule has 27 heavy (non-hydrogen) atoms. The Morgan fingerprint density at radius 2 is 1.85 bits per heavy atom. The van der Waals surface area contributed by atoms with Gasteiger partial charge in [-0.1, -0.05) is 41.9 Å². The highest BCUT2D eigenvalue weighted by Crippen LogP contribution is 2.39. The number of para-hydroxylation sites is 2. The Morgan fingerprint density at radius 1 is 1.15 bits per heavy atom. The molecule has 1 aliphatic rings. The number of halogens is 1. The number of nitrogens with zero attached hydrogens (tertiary/aromatic N) is 1. The van der Waals surface area contributed by atoms with Crippen molar-refractivity contribution in [2.75, 3.05) is 11.5 Å². The van der Waals surface area contributed by atoms with E-state index in [4.69, 9.17) is 21.4 Å². The molecule has 6 nitrogen and oxygen atoms in total. The summed E-state index contributed by atoms with van der Waals surface area (Å²) in [5.74, 6) is -1.00. The van der Waals surface area contributed by atoms with Crippen molar-refractivity contribution >= 4 is 52.2 Å². The number of thioether (sulfide) groups is 1. The van der Waals surface area contributed by atoms with Crippen molar-refractivity contribution < 1.29 is 24.2 Å². The standard InChI is InChI=1S/C19H14ClNO5S/c20-13-6-2-3-7-14(13)21-18(24)16(27-19(21)25)11-12-5-1-4-8-15(12)26-10-9-17(22)23/h1-8,11H,9-10H2,(H,22,23)/b16-11+. The molecule has 1 N–H and O–H groups in total. The zero-order valence-electron chi connectivity index (χ0n) is 13.9. The Hall–Kier alpha value is -2.77. The fourth-order valence-electron chi connectivity index (χ4n) is 2.43. The predicted molar refractivity (Wildman–Crippen MR) is 104 cm³/mol. The first-order valence-corrected chi connectivity index (χ1v) is 9.13. The zero-order chi connectivity index (χ0) is 19.4. The van der Waals surface area contributed by atoms with E-state index in [1.807, 2.05) is 0 Å². The van der Waals surface area contributed by atoms with E-state index >= 15 is 0 Å². The van der Waals surface area contributed by atoms with Crippen LogP contribution in [-0.2, 0) is 9.59 Å². The van der Waals surface area contributed by atoms with Gasteiger partial charge >= 0.3 is 5.97 Å². The number of rotatable bonds is 6. The van der Waals surface area contributed by atoms with E-state index < -0.39 is 17.1 Å². The molecule has 2 aromatic carbocycles. The quantitative estimate of drug-likeness (QED) is 0.718. The fraction of sp³-hybridized carbons (Fsp3) is 0.105. The summed E-state index contributed by atoms with van der Waals surface area (Å²) >= 11 is 6.92. The maximum Gasteiger partial charge on any atom is 0.306 e. The minimum Gasteiger partial charge on any atom is -0.492 e. The van der Waals surface area contributed by atoms with Crippen LogP contribution in [0.5, 0.6) is 5.75 Å². The Bertz CT molecular complexity index is 943. The number of carboxylic acids is 1. The van der Waals surface area contributed by atoms with Gasteiger partial charge in [0.1, 0.15) is 5.75 Å². The van der Waals surface area contributed by atoms with Crippen molar-refractivity contribution in [2.45, 2.75) is 6.42 Å². The summed E-state index contributed by atoms with van der Waals surface area (Å²) in [6.07, 6.45) is 1.41. The third kappa shape index (κ3) is 4.32. The summed E-state index contributed by atoms with van der Waals surface area (Å²) in [7, 11) is 0. The largest absolute Gasteiger partial charge is 0.492 e. The molecule has 1 heterocycles. The predicted octanol–water partition coefficient (Wildman–Crippen LogP) is 4.43. The van der Waals surface area contributed by atoms with Crippen molar-refractivity contribution in [2.24, 2.45) is 0 Å². The van der Waals surface area contributed by atoms with Gasteiger partial charge < -0.3 is 9.84 Å². The van der Waals surface area contributed by atoms with Crippen LogP contribution in [0.1, 0.15) is 12.0 Å². The van der Waals surface area contributed by atoms with Gasteiger partial charge in [-0.3, -0.25) is 14.4 Å². The summed E-state index contributed by atoms with van der Waals surface area (Å²) in [5, 5.41) is 8.58. The van der Waals surface area contributed by atoms with Gasteiger partial charge in [0.15, 0.2) is 0 Å². The first-order chi connectivity index (χ1) is 13.0. The molecule has 1 fully saturated rings. The number of hydrogen-bond donors (Lipinski definition) is 1. The van der Waals surface area contributed by atoms with Crippen LogP contribution in [0.25, 0.3) is 6.08 Å². The molecule has 0 aliphatic carbocycles. The number of aliphatic carboxylic acids is 1. The van der Waals surface area contributed by atoms with E-state index in [1.54, 1.807) is 54.6 Å². The van der Waals surface area contributed by atoms with Crippen LogP contribution in [0.4, 0.5) is 10.5 Å². The molecule has 1 saturated heterocycles. The number of imide groups is 1. The zero-order valence-corrected chi connectivity index (χ0v) is 15.5. The fourth-order valence-corrected chi connectivity index (χ4v) is 3.47. The Balaban J connectivity index is 1.86. The maximum absolute atomic E-state index is 12.7. The molecule has 0 unspecified atom stereocenters. The molecule has 0 spiro atoms. The van der Waals surface area contributed by atoms with Gasteiger partial charge in [-0.25, -0.2) is 4.90 Å². The SMILES string of the molecule is O=C(O)CCOc1ccccc1/C=C1/SC(=O)N(c2ccccc2Cl)C1=O. The van der Waals surface area contributed by atoms with Crippen molar-refractivity contribution in [3.8, 4) is 5.75 Å². The molecule has 138 valence electrons. The molecule has 0 bridgehead atoms. The van der Waals surface area contributed by atoms with Crippen LogP contribution >= 0.6 is 23.4 Å². The van der Waals surface area contributed by atoms with Gasteiger partial charge in [-0.15, -0.1) is 0 Å². The third-order valence-corrected chi connectivity index (χ3v) is 4.86. The first kappa shape index (κ1) is 19.0. The number of benzene rings is 2. The Kier molecular flexibility index (Phi) is 5.83.